The fourth-order valence-electron chi connectivity index (χ4n) is 1.65. The summed E-state index contributed by atoms with van der Waals surface area (Å²) in [7, 11) is 1.29. The second-order valence-electron chi connectivity index (χ2n) is 4.30. The molecule has 0 radical (unpaired) electrons. The molecule has 0 aromatic heterocycles. The van der Waals surface area contributed by atoms with Crippen molar-refractivity contribution < 1.29 is 19.4 Å². The fraction of sp³-hybridized carbons (Fsp3) is 0.833. The first-order valence-electron chi connectivity index (χ1n) is 6.46. The SMILES string of the molecule is CCN(CC)CC(C)NC(=O)NCC(OC)C(=O)O. The summed E-state index contributed by atoms with van der Waals surface area (Å²) in [5, 5.41) is 14.0. The smallest absolute Gasteiger partial charge is 0.334 e. The number of aliphatic carboxylic acids is 1. The first-order chi connectivity index (χ1) is 8.94. The number of amides is 2. The van der Waals surface area contributed by atoms with E-state index in [-0.39, 0.29) is 18.6 Å². The zero-order valence-electron chi connectivity index (χ0n) is 12.1. The summed E-state index contributed by atoms with van der Waals surface area (Å²) >= 11 is 0. The Morgan fingerprint density at radius 1 is 1.32 bits per heavy atom. The van der Waals surface area contributed by atoms with Crippen LogP contribution in [0.15, 0.2) is 0 Å². The molecule has 112 valence electrons. The van der Waals surface area contributed by atoms with Gasteiger partial charge in [-0.2, -0.15) is 0 Å². The molecule has 0 aromatic rings. The predicted octanol–water partition coefficient (Wildman–Crippen LogP) is 0.116. The monoisotopic (exact) mass is 275 g/mol. The second kappa shape index (κ2) is 9.57. The Labute approximate surface area is 114 Å². The summed E-state index contributed by atoms with van der Waals surface area (Å²) in [6.07, 6.45) is -1.02. The number of likely N-dealkylation sites (N-methyl/N-ethyl adjacent to an activating group) is 1. The Balaban J connectivity index is 4.00. The molecule has 0 aliphatic rings. The van der Waals surface area contributed by atoms with Crippen molar-refractivity contribution in [3.63, 3.8) is 0 Å². The quantitative estimate of drug-likeness (QED) is 0.556. The van der Waals surface area contributed by atoms with Crippen LogP contribution in [0.1, 0.15) is 20.8 Å². The van der Waals surface area contributed by atoms with Gasteiger partial charge in [0, 0.05) is 19.7 Å². The molecule has 0 aromatic carbocycles. The van der Waals surface area contributed by atoms with Crippen LogP contribution in [0.5, 0.6) is 0 Å². The third kappa shape index (κ3) is 7.63. The van der Waals surface area contributed by atoms with Crippen molar-refractivity contribution in [1.29, 1.82) is 0 Å². The fourth-order valence-corrected chi connectivity index (χ4v) is 1.65. The van der Waals surface area contributed by atoms with Gasteiger partial charge in [0.25, 0.3) is 0 Å². The van der Waals surface area contributed by atoms with Gasteiger partial charge in [0.2, 0.25) is 0 Å². The lowest BCUT2D eigenvalue weighted by molar-refractivity contribution is -0.147. The van der Waals surface area contributed by atoms with Crippen molar-refractivity contribution in [3.05, 3.63) is 0 Å². The van der Waals surface area contributed by atoms with E-state index in [1.54, 1.807) is 0 Å². The Hall–Kier alpha value is -1.34. The lowest BCUT2D eigenvalue weighted by Crippen LogP contribution is -2.48. The Kier molecular flexibility index (Phi) is 8.90. The zero-order valence-corrected chi connectivity index (χ0v) is 12.1. The molecule has 2 unspecified atom stereocenters. The molecule has 0 aliphatic heterocycles. The van der Waals surface area contributed by atoms with Gasteiger partial charge in [-0.3, -0.25) is 0 Å². The van der Waals surface area contributed by atoms with Gasteiger partial charge in [0.05, 0.1) is 6.54 Å². The third-order valence-corrected chi connectivity index (χ3v) is 2.81. The van der Waals surface area contributed by atoms with Crippen LogP contribution in [0.4, 0.5) is 4.79 Å². The summed E-state index contributed by atoms with van der Waals surface area (Å²) in [5.74, 6) is -1.10. The van der Waals surface area contributed by atoms with Gasteiger partial charge in [-0.25, -0.2) is 9.59 Å². The number of methoxy groups -OCH3 is 1. The summed E-state index contributed by atoms with van der Waals surface area (Å²) in [4.78, 5) is 24.4. The van der Waals surface area contributed by atoms with Gasteiger partial charge in [0.15, 0.2) is 6.10 Å². The summed E-state index contributed by atoms with van der Waals surface area (Å²) in [6.45, 7) is 8.58. The van der Waals surface area contributed by atoms with E-state index in [0.29, 0.717) is 0 Å². The molecule has 0 spiro atoms. The van der Waals surface area contributed by atoms with Gasteiger partial charge in [-0.05, 0) is 20.0 Å². The minimum absolute atomic E-state index is 0.00859. The molecule has 0 fully saturated rings. The molecule has 2 amide bonds. The van der Waals surface area contributed by atoms with Crippen LogP contribution in [0.3, 0.4) is 0 Å². The van der Waals surface area contributed by atoms with Crippen molar-refractivity contribution in [1.82, 2.24) is 15.5 Å². The van der Waals surface area contributed by atoms with E-state index in [1.807, 2.05) is 6.92 Å². The van der Waals surface area contributed by atoms with E-state index in [0.717, 1.165) is 19.6 Å². The normalized spacial score (nSPS) is 13.9. The largest absolute Gasteiger partial charge is 0.479 e. The highest BCUT2D eigenvalue weighted by Gasteiger charge is 2.17. The molecule has 0 rings (SSSR count). The number of rotatable bonds is 9. The highest BCUT2D eigenvalue weighted by Crippen LogP contribution is 1.92. The molecule has 19 heavy (non-hydrogen) atoms. The van der Waals surface area contributed by atoms with Crippen LogP contribution in [0.25, 0.3) is 0 Å². The average molecular weight is 275 g/mol. The molecule has 7 nitrogen and oxygen atoms in total. The molecular weight excluding hydrogens is 250 g/mol. The zero-order chi connectivity index (χ0) is 14.8. The van der Waals surface area contributed by atoms with E-state index < -0.39 is 12.1 Å². The standard InChI is InChI=1S/C12H25N3O4/c1-5-15(6-2)8-9(3)14-12(18)13-7-10(19-4)11(16)17/h9-10H,5-8H2,1-4H3,(H,16,17)(H2,13,14,18). The number of nitrogens with zero attached hydrogens (tertiary/aromatic N) is 1. The number of carboxylic acids is 1. The molecule has 0 bridgehead atoms. The van der Waals surface area contributed by atoms with Crippen molar-refractivity contribution in [2.45, 2.75) is 32.9 Å². The molecule has 0 saturated heterocycles. The van der Waals surface area contributed by atoms with Gasteiger partial charge >= 0.3 is 12.0 Å². The van der Waals surface area contributed by atoms with Crippen LogP contribution >= 0.6 is 0 Å². The lowest BCUT2D eigenvalue weighted by Gasteiger charge is -2.23. The third-order valence-electron chi connectivity index (χ3n) is 2.81. The molecule has 0 saturated carbocycles. The summed E-state index contributed by atoms with van der Waals surface area (Å²) in [6, 6.07) is -0.395. The Bertz CT molecular complexity index is 282. The van der Waals surface area contributed by atoms with Crippen LogP contribution in [0.2, 0.25) is 0 Å². The second-order valence-corrected chi connectivity index (χ2v) is 4.30. The minimum Gasteiger partial charge on any atom is -0.479 e. The van der Waals surface area contributed by atoms with Crippen LogP contribution in [-0.4, -0.2) is 67.4 Å². The van der Waals surface area contributed by atoms with E-state index >= 15 is 0 Å². The van der Waals surface area contributed by atoms with E-state index in [4.69, 9.17) is 9.84 Å². The van der Waals surface area contributed by atoms with E-state index in [9.17, 15) is 9.59 Å². The van der Waals surface area contributed by atoms with Gasteiger partial charge in [0.1, 0.15) is 0 Å². The number of ether oxygens (including phenoxy) is 1. The van der Waals surface area contributed by atoms with E-state index in [2.05, 4.69) is 29.4 Å². The summed E-state index contributed by atoms with van der Waals surface area (Å²) < 4.78 is 4.72. The minimum atomic E-state index is -1.10. The topological polar surface area (TPSA) is 90.9 Å². The number of carbonyl (C=O) groups is 2. The maximum absolute atomic E-state index is 11.6. The Morgan fingerprint density at radius 3 is 2.32 bits per heavy atom. The maximum Gasteiger partial charge on any atom is 0.334 e. The first-order valence-corrected chi connectivity index (χ1v) is 6.46. The number of nitrogens with one attached hydrogen (secondary N) is 2. The highest BCUT2D eigenvalue weighted by atomic mass is 16.5. The van der Waals surface area contributed by atoms with Gasteiger partial charge in [-0.15, -0.1) is 0 Å². The van der Waals surface area contributed by atoms with Gasteiger partial charge < -0.3 is 25.4 Å². The Morgan fingerprint density at radius 2 is 1.89 bits per heavy atom. The van der Waals surface area contributed by atoms with Crippen LogP contribution in [-0.2, 0) is 9.53 Å². The van der Waals surface area contributed by atoms with Crippen LogP contribution < -0.4 is 10.6 Å². The molecular formula is C12H25N3O4. The number of urea groups is 1. The molecule has 0 heterocycles. The van der Waals surface area contributed by atoms with Crippen LogP contribution in [0, 0.1) is 0 Å². The summed E-state index contributed by atoms with van der Waals surface area (Å²) in [5.41, 5.74) is 0. The lowest BCUT2D eigenvalue weighted by atomic mass is 10.3. The first kappa shape index (κ1) is 17.7. The molecule has 0 aliphatic carbocycles. The highest BCUT2D eigenvalue weighted by molar-refractivity contribution is 5.77. The van der Waals surface area contributed by atoms with Crippen molar-refractivity contribution >= 4 is 12.0 Å². The average Bonchev–Trinajstić information content (AvgIpc) is 2.36. The van der Waals surface area contributed by atoms with Crippen molar-refractivity contribution in [3.8, 4) is 0 Å². The van der Waals surface area contributed by atoms with Crippen molar-refractivity contribution in [2.24, 2.45) is 0 Å². The number of hydrogen-bond donors (Lipinski definition) is 3. The maximum atomic E-state index is 11.6. The van der Waals surface area contributed by atoms with Crippen molar-refractivity contribution in [2.75, 3.05) is 33.3 Å². The number of carboxylic acid groups (broad SMARTS) is 1. The molecule has 2 atom stereocenters. The predicted molar refractivity (Wildman–Crippen MR) is 72.2 cm³/mol. The number of carbonyl (C=O) groups excluding carboxylic acids is 1. The molecule has 7 heteroatoms. The van der Waals surface area contributed by atoms with Gasteiger partial charge in [-0.1, -0.05) is 13.8 Å². The van der Waals surface area contributed by atoms with E-state index in [1.165, 1.54) is 7.11 Å². The number of hydrogen-bond acceptors (Lipinski definition) is 4. The molecule has 3 N–H and O–H groups in total.